The Morgan fingerprint density at radius 3 is 2.28 bits per heavy atom. The van der Waals surface area contributed by atoms with Crippen molar-refractivity contribution >= 4 is 25.1 Å². The molecule has 2 amide bonds. The van der Waals surface area contributed by atoms with Crippen LogP contribution in [0.1, 0.15) is 72.5 Å². The fourth-order valence-electron chi connectivity index (χ4n) is 3.93. The van der Waals surface area contributed by atoms with Crippen molar-refractivity contribution in [2.45, 2.75) is 77.9 Å². The smallest absolute Gasteiger partial charge is 0.453 e. The number of methoxy groups -OCH3 is 1. The normalized spacial score (nSPS) is 16.7. The molecule has 0 spiro atoms. The molecular weight excluding hydrogens is 459 g/mol. The van der Waals surface area contributed by atoms with Gasteiger partial charge in [0.05, 0.1) is 30.2 Å². The van der Waals surface area contributed by atoms with Crippen LogP contribution in [-0.4, -0.2) is 54.4 Å². The molecule has 1 fully saturated rings. The fourth-order valence-corrected chi connectivity index (χ4v) is 3.93. The molecule has 1 aromatic carbocycles. The number of rotatable bonds is 10. The summed E-state index contributed by atoms with van der Waals surface area (Å²) < 4.78 is 16.2. The average Bonchev–Trinajstić information content (AvgIpc) is 3.38. The zero-order valence-electron chi connectivity index (χ0n) is 22.6. The van der Waals surface area contributed by atoms with Gasteiger partial charge in [-0.05, 0) is 63.9 Å². The van der Waals surface area contributed by atoms with Crippen LogP contribution in [0.3, 0.4) is 0 Å². The van der Waals surface area contributed by atoms with Gasteiger partial charge in [-0.2, -0.15) is 0 Å². The van der Waals surface area contributed by atoms with Crippen LogP contribution in [0.5, 0.6) is 0 Å². The predicted molar refractivity (Wildman–Crippen MR) is 142 cm³/mol. The number of aromatic nitrogens is 2. The number of nitrogens with zero attached hydrogens (tertiary/aromatic N) is 1. The number of primary amides is 1. The van der Waals surface area contributed by atoms with Crippen LogP contribution in [0.15, 0.2) is 30.5 Å². The lowest BCUT2D eigenvalue weighted by Gasteiger charge is -2.32. The molecule has 0 aliphatic carbocycles. The van der Waals surface area contributed by atoms with Crippen LogP contribution < -0.4 is 16.5 Å². The van der Waals surface area contributed by atoms with Crippen molar-refractivity contribution in [1.29, 1.82) is 0 Å². The van der Waals surface area contributed by atoms with Crippen LogP contribution >= 0.6 is 0 Å². The summed E-state index contributed by atoms with van der Waals surface area (Å²) in [6.07, 6.45) is 4.92. The molecule has 2 heterocycles. The second-order valence-corrected chi connectivity index (χ2v) is 10.5. The van der Waals surface area contributed by atoms with E-state index in [2.05, 4.69) is 91.6 Å². The minimum Gasteiger partial charge on any atom is -0.453 e. The summed E-state index contributed by atoms with van der Waals surface area (Å²) in [6.45, 7) is 13.4. The largest absolute Gasteiger partial charge is 0.494 e. The van der Waals surface area contributed by atoms with E-state index >= 15 is 0 Å². The molecule has 198 valence electrons. The third-order valence-corrected chi connectivity index (χ3v) is 6.64. The van der Waals surface area contributed by atoms with E-state index in [9.17, 15) is 9.59 Å². The number of carbonyl (C=O) groups is 2. The summed E-state index contributed by atoms with van der Waals surface area (Å²) in [6, 6.07) is 8.30. The van der Waals surface area contributed by atoms with Gasteiger partial charge < -0.3 is 30.1 Å². The van der Waals surface area contributed by atoms with Crippen LogP contribution in [0.2, 0.25) is 0 Å². The zero-order chi connectivity index (χ0) is 26.9. The van der Waals surface area contributed by atoms with Crippen molar-refractivity contribution in [3.8, 4) is 11.3 Å². The van der Waals surface area contributed by atoms with Crippen LogP contribution in [0.25, 0.3) is 11.3 Å². The van der Waals surface area contributed by atoms with E-state index < -0.39 is 6.09 Å². The summed E-state index contributed by atoms with van der Waals surface area (Å²) in [5.74, 6) is 1.95. The number of nitrogens with two attached hydrogens (primary N) is 1. The standard InChI is InChI=1S/C24H36BN3O3.C2H5NO2/c1-17(2)14-19(8-7-13-26-16-29)22-27-15-21(28-22)18-9-11-20(12-10-18)25-30-23(3,4)24(5,6)31-25;1-5-2(3)4/h9-12,15-17,19H,7-8,13-14H2,1-6H3,(H,26,29)(H,27,28);1H3,(H2,3,4). The lowest BCUT2D eigenvalue weighted by atomic mass is 9.79. The molecule has 4 N–H and O–H groups in total. The highest BCUT2D eigenvalue weighted by molar-refractivity contribution is 6.62. The van der Waals surface area contributed by atoms with Crippen molar-refractivity contribution < 1.29 is 23.6 Å². The number of H-pyrrole nitrogens is 1. The van der Waals surface area contributed by atoms with Gasteiger partial charge in [0.25, 0.3) is 0 Å². The molecule has 1 atom stereocenters. The molecule has 9 nitrogen and oxygen atoms in total. The summed E-state index contributed by atoms with van der Waals surface area (Å²) in [4.78, 5) is 28.1. The number of hydrogen-bond acceptors (Lipinski definition) is 6. The summed E-state index contributed by atoms with van der Waals surface area (Å²) >= 11 is 0. The molecule has 0 bridgehead atoms. The quantitative estimate of drug-likeness (QED) is 0.259. The fraction of sp³-hybridized carbons (Fsp3) is 0.577. The Bertz CT molecular complexity index is 959. The second kappa shape index (κ2) is 12.9. The average molecular weight is 500 g/mol. The van der Waals surface area contributed by atoms with Crippen molar-refractivity contribution in [3.63, 3.8) is 0 Å². The molecule has 1 aliphatic heterocycles. The van der Waals surface area contributed by atoms with E-state index in [0.29, 0.717) is 18.4 Å². The highest BCUT2D eigenvalue weighted by Crippen LogP contribution is 2.36. The van der Waals surface area contributed by atoms with Crippen LogP contribution in [0.4, 0.5) is 4.79 Å². The van der Waals surface area contributed by atoms with Gasteiger partial charge in [-0.1, -0.05) is 38.1 Å². The molecule has 1 unspecified atom stereocenters. The number of hydrogen-bond donors (Lipinski definition) is 3. The Morgan fingerprint density at radius 2 is 1.78 bits per heavy atom. The van der Waals surface area contributed by atoms with Gasteiger partial charge in [-0.15, -0.1) is 0 Å². The summed E-state index contributed by atoms with van der Waals surface area (Å²) in [5, 5.41) is 2.75. The maximum absolute atomic E-state index is 10.5. The number of carbonyl (C=O) groups excluding carboxylic acids is 2. The molecule has 1 saturated heterocycles. The maximum atomic E-state index is 10.5. The van der Waals surface area contributed by atoms with Gasteiger partial charge in [-0.25, -0.2) is 9.78 Å². The molecule has 2 aromatic rings. The third kappa shape index (κ3) is 8.10. The van der Waals surface area contributed by atoms with Crippen molar-refractivity contribution in [3.05, 3.63) is 36.3 Å². The lowest BCUT2D eigenvalue weighted by molar-refractivity contribution is -0.109. The van der Waals surface area contributed by atoms with E-state index in [1.54, 1.807) is 0 Å². The highest BCUT2D eigenvalue weighted by atomic mass is 16.7. The zero-order valence-corrected chi connectivity index (χ0v) is 22.6. The number of ether oxygens (including phenoxy) is 1. The Kier molecular flexibility index (Phi) is 10.5. The first-order chi connectivity index (χ1) is 16.9. The Hall–Kier alpha value is -2.85. The van der Waals surface area contributed by atoms with Crippen molar-refractivity contribution in [2.75, 3.05) is 13.7 Å². The SMILES string of the molecule is CC(C)CC(CCCNC=O)c1ncc(-c2ccc(B3OC(C)(C)C(C)(C)O3)cc2)[nH]1.COC(N)=O. The monoisotopic (exact) mass is 500 g/mol. The highest BCUT2D eigenvalue weighted by Gasteiger charge is 2.51. The molecule has 0 saturated carbocycles. The molecular formula is C26H41BN4O5. The van der Waals surface area contributed by atoms with Gasteiger partial charge >= 0.3 is 13.2 Å². The predicted octanol–water partition coefficient (Wildman–Crippen LogP) is 3.74. The van der Waals surface area contributed by atoms with E-state index in [-0.39, 0.29) is 18.3 Å². The number of nitrogens with one attached hydrogen (secondary N) is 2. The number of imidazole rings is 1. The van der Waals surface area contributed by atoms with Crippen LogP contribution in [-0.2, 0) is 18.8 Å². The molecule has 10 heteroatoms. The van der Waals surface area contributed by atoms with E-state index in [0.717, 1.165) is 48.2 Å². The Balaban J connectivity index is 0.000000830. The Labute approximate surface area is 215 Å². The summed E-state index contributed by atoms with van der Waals surface area (Å²) in [7, 11) is 0.870. The van der Waals surface area contributed by atoms with Crippen LogP contribution in [0, 0.1) is 5.92 Å². The third-order valence-electron chi connectivity index (χ3n) is 6.64. The number of amides is 2. The molecule has 1 aliphatic rings. The first kappa shape index (κ1) is 29.4. The summed E-state index contributed by atoms with van der Waals surface area (Å²) in [5.41, 5.74) is 6.85. The minimum absolute atomic E-state index is 0.346. The Morgan fingerprint density at radius 1 is 1.19 bits per heavy atom. The number of aromatic amines is 1. The van der Waals surface area contributed by atoms with Gasteiger partial charge in [0.2, 0.25) is 6.41 Å². The van der Waals surface area contributed by atoms with E-state index in [1.807, 2.05) is 6.20 Å². The lowest BCUT2D eigenvalue weighted by Crippen LogP contribution is -2.41. The first-order valence-electron chi connectivity index (χ1n) is 12.4. The molecule has 0 radical (unpaired) electrons. The van der Waals surface area contributed by atoms with Crippen molar-refractivity contribution in [2.24, 2.45) is 11.7 Å². The molecule has 1 aromatic heterocycles. The first-order valence-corrected chi connectivity index (χ1v) is 12.4. The van der Waals surface area contributed by atoms with Gasteiger partial charge in [0.1, 0.15) is 5.82 Å². The van der Waals surface area contributed by atoms with Gasteiger partial charge in [0.15, 0.2) is 0 Å². The van der Waals surface area contributed by atoms with Crippen molar-refractivity contribution in [1.82, 2.24) is 15.3 Å². The molecule has 3 rings (SSSR count). The maximum Gasteiger partial charge on any atom is 0.494 e. The van der Waals surface area contributed by atoms with E-state index in [4.69, 9.17) is 9.31 Å². The topological polar surface area (TPSA) is 129 Å². The van der Waals surface area contributed by atoms with E-state index in [1.165, 1.54) is 7.11 Å². The second-order valence-electron chi connectivity index (χ2n) is 10.5. The van der Waals surface area contributed by atoms with Gasteiger partial charge in [-0.3, -0.25) is 4.79 Å². The van der Waals surface area contributed by atoms with Gasteiger partial charge in [0, 0.05) is 12.5 Å². The minimum atomic E-state index is -0.745. The molecule has 36 heavy (non-hydrogen) atoms. The number of benzene rings is 1.